The number of fused-ring (bicyclic) bond motifs is 1. The molecule has 2 heterocycles. The lowest BCUT2D eigenvalue weighted by molar-refractivity contribution is 0.0995. The van der Waals surface area contributed by atoms with E-state index in [1.54, 1.807) is 18.0 Å². The highest BCUT2D eigenvalue weighted by molar-refractivity contribution is 7.99. The number of nitrogens with one attached hydrogen (secondary N) is 1. The number of hydrogen-bond acceptors (Lipinski definition) is 3. The minimum atomic E-state index is -0.104. The molecule has 3 rings (SSSR count). The van der Waals surface area contributed by atoms with E-state index in [2.05, 4.69) is 4.98 Å². The summed E-state index contributed by atoms with van der Waals surface area (Å²) in [7, 11) is 0. The van der Waals surface area contributed by atoms with Crippen molar-refractivity contribution >= 4 is 28.4 Å². The van der Waals surface area contributed by atoms with Crippen molar-refractivity contribution in [1.29, 1.82) is 0 Å². The van der Waals surface area contributed by atoms with Gasteiger partial charge in [0.25, 0.3) is 0 Å². The number of rotatable bonds is 5. The fourth-order valence-electron chi connectivity index (χ4n) is 2.47. The molecular formula is C17H17NO2S. The number of hydrogen-bond donors (Lipinski definition) is 1. The fraction of sp³-hybridized carbons (Fsp3) is 0.235. The molecule has 2 aromatic heterocycles. The van der Waals surface area contributed by atoms with Gasteiger partial charge in [0.1, 0.15) is 5.76 Å². The Bertz CT molecular complexity index is 758. The number of thioether (sulfide) groups is 1. The van der Waals surface area contributed by atoms with Gasteiger partial charge in [0.05, 0.1) is 17.3 Å². The molecule has 0 aliphatic carbocycles. The number of furan rings is 1. The van der Waals surface area contributed by atoms with Gasteiger partial charge >= 0.3 is 0 Å². The molecule has 1 aromatic carbocycles. The molecule has 3 aromatic rings. The van der Waals surface area contributed by atoms with Gasteiger partial charge in [-0.25, -0.2) is 0 Å². The number of H-pyrrole nitrogens is 1. The number of carbonyl (C=O) groups excluding carboxylic acids is 1. The van der Waals surface area contributed by atoms with Gasteiger partial charge in [-0.2, -0.15) is 0 Å². The summed E-state index contributed by atoms with van der Waals surface area (Å²) < 4.78 is 5.31. The summed E-state index contributed by atoms with van der Waals surface area (Å²) in [5.74, 6) is 1.78. The zero-order chi connectivity index (χ0) is 14.8. The monoisotopic (exact) mass is 299 g/mol. The van der Waals surface area contributed by atoms with Gasteiger partial charge in [0, 0.05) is 22.2 Å². The summed E-state index contributed by atoms with van der Waals surface area (Å²) in [6.45, 7) is 3.91. The number of para-hydroxylation sites is 1. The van der Waals surface area contributed by atoms with E-state index in [9.17, 15) is 4.79 Å². The van der Waals surface area contributed by atoms with Crippen molar-refractivity contribution in [3.05, 3.63) is 59.7 Å². The fourth-order valence-corrected chi connectivity index (χ4v) is 3.32. The predicted molar refractivity (Wildman–Crippen MR) is 86.8 cm³/mol. The Labute approximate surface area is 127 Å². The van der Waals surface area contributed by atoms with Crippen molar-refractivity contribution in [2.75, 3.05) is 0 Å². The SMILES string of the molecule is Cc1[nH]c2ccccc2c1C(=O)C(C)SCc1ccco1. The second-order valence-corrected chi connectivity index (χ2v) is 6.40. The minimum absolute atomic E-state index is 0.104. The van der Waals surface area contributed by atoms with Gasteiger partial charge in [0.15, 0.2) is 5.78 Å². The molecule has 0 saturated heterocycles. The Morgan fingerprint density at radius 1 is 1.29 bits per heavy atom. The third-order valence-corrected chi connectivity index (χ3v) is 4.73. The summed E-state index contributed by atoms with van der Waals surface area (Å²) in [4.78, 5) is 16.0. The minimum Gasteiger partial charge on any atom is -0.468 e. The van der Waals surface area contributed by atoms with E-state index in [1.807, 2.05) is 50.2 Å². The second kappa shape index (κ2) is 5.82. The summed E-state index contributed by atoms with van der Waals surface area (Å²) in [5.41, 5.74) is 2.76. The lowest BCUT2D eigenvalue weighted by Gasteiger charge is -2.09. The molecule has 0 bridgehead atoms. The van der Waals surface area contributed by atoms with Gasteiger partial charge in [-0.15, -0.1) is 11.8 Å². The van der Waals surface area contributed by atoms with E-state index < -0.39 is 0 Å². The summed E-state index contributed by atoms with van der Waals surface area (Å²) in [6, 6.07) is 11.7. The van der Waals surface area contributed by atoms with E-state index in [-0.39, 0.29) is 11.0 Å². The second-order valence-electron chi connectivity index (χ2n) is 5.07. The number of Topliss-reactive ketones (excluding diaryl/α,β-unsaturated/α-hetero) is 1. The van der Waals surface area contributed by atoms with Gasteiger partial charge in [-0.3, -0.25) is 4.79 Å². The molecule has 0 aliphatic heterocycles. The highest BCUT2D eigenvalue weighted by Crippen LogP contribution is 2.27. The van der Waals surface area contributed by atoms with Crippen molar-refractivity contribution < 1.29 is 9.21 Å². The van der Waals surface area contributed by atoms with E-state index in [0.29, 0.717) is 5.75 Å². The number of carbonyl (C=O) groups is 1. The molecule has 0 saturated carbocycles. The Morgan fingerprint density at radius 2 is 2.10 bits per heavy atom. The van der Waals surface area contributed by atoms with Crippen LogP contribution in [0.5, 0.6) is 0 Å². The van der Waals surface area contributed by atoms with Crippen molar-refractivity contribution in [2.24, 2.45) is 0 Å². The predicted octanol–water partition coefficient (Wildman–Crippen LogP) is 4.57. The van der Waals surface area contributed by atoms with Crippen molar-refractivity contribution in [3.63, 3.8) is 0 Å². The summed E-state index contributed by atoms with van der Waals surface area (Å²) in [5, 5.41) is 0.901. The molecule has 3 nitrogen and oxygen atoms in total. The first-order chi connectivity index (χ1) is 10.2. The third-order valence-electron chi connectivity index (χ3n) is 3.56. The lowest BCUT2D eigenvalue weighted by Crippen LogP contribution is -2.14. The molecule has 4 heteroatoms. The zero-order valence-corrected chi connectivity index (χ0v) is 12.9. The van der Waals surface area contributed by atoms with Crippen LogP contribution in [0.3, 0.4) is 0 Å². The van der Waals surface area contributed by atoms with Gasteiger partial charge < -0.3 is 9.40 Å². The van der Waals surface area contributed by atoms with Crippen LogP contribution in [0.25, 0.3) is 10.9 Å². The van der Waals surface area contributed by atoms with E-state index in [1.165, 1.54) is 0 Å². The Kier molecular flexibility index (Phi) is 3.88. The smallest absolute Gasteiger partial charge is 0.177 e. The van der Waals surface area contributed by atoms with Gasteiger partial charge in [-0.05, 0) is 32.0 Å². The van der Waals surface area contributed by atoms with Crippen LogP contribution in [-0.2, 0) is 5.75 Å². The lowest BCUT2D eigenvalue weighted by atomic mass is 10.1. The summed E-state index contributed by atoms with van der Waals surface area (Å²) in [6.07, 6.45) is 1.66. The van der Waals surface area contributed by atoms with Crippen molar-refractivity contribution in [3.8, 4) is 0 Å². The first kappa shape index (κ1) is 14.0. The quantitative estimate of drug-likeness (QED) is 0.702. The topological polar surface area (TPSA) is 46.0 Å². The molecule has 1 atom stereocenters. The molecule has 108 valence electrons. The average Bonchev–Trinajstić information content (AvgIpc) is 3.10. The standard InChI is InChI=1S/C17H17NO2S/c1-11-16(14-7-3-4-8-15(14)18-11)17(19)12(2)21-10-13-6-5-9-20-13/h3-9,12,18H,10H2,1-2H3. The van der Waals surface area contributed by atoms with Crippen LogP contribution in [0.2, 0.25) is 0 Å². The molecule has 0 spiro atoms. The number of aromatic nitrogens is 1. The highest BCUT2D eigenvalue weighted by atomic mass is 32.2. The van der Waals surface area contributed by atoms with Crippen LogP contribution >= 0.6 is 11.8 Å². The van der Waals surface area contributed by atoms with Gasteiger partial charge in [0.2, 0.25) is 0 Å². The van der Waals surface area contributed by atoms with Gasteiger partial charge in [-0.1, -0.05) is 18.2 Å². The molecule has 1 unspecified atom stereocenters. The molecule has 0 radical (unpaired) electrons. The molecular weight excluding hydrogens is 282 g/mol. The van der Waals surface area contributed by atoms with Crippen molar-refractivity contribution in [2.45, 2.75) is 24.9 Å². The van der Waals surface area contributed by atoms with Crippen LogP contribution in [-0.4, -0.2) is 16.0 Å². The normalized spacial score (nSPS) is 12.7. The maximum Gasteiger partial charge on any atom is 0.177 e. The number of ketones is 1. The third kappa shape index (κ3) is 2.76. The number of aryl methyl sites for hydroxylation is 1. The van der Waals surface area contributed by atoms with Crippen LogP contribution in [0.15, 0.2) is 47.1 Å². The maximum atomic E-state index is 12.7. The first-order valence-corrected chi connectivity index (χ1v) is 7.97. The molecule has 0 aliphatic rings. The Balaban J connectivity index is 1.81. The highest BCUT2D eigenvalue weighted by Gasteiger charge is 2.21. The zero-order valence-electron chi connectivity index (χ0n) is 12.1. The number of benzene rings is 1. The van der Waals surface area contributed by atoms with Crippen LogP contribution in [0, 0.1) is 6.92 Å². The van der Waals surface area contributed by atoms with Crippen molar-refractivity contribution in [1.82, 2.24) is 4.98 Å². The molecule has 1 N–H and O–H groups in total. The van der Waals surface area contributed by atoms with Crippen LogP contribution < -0.4 is 0 Å². The van der Waals surface area contributed by atoms with Crippen LogP contribution in [0.1, 0.15) is 28.7 Å². The molecule has 0 amide bonds. The van der Waals surface area contributed by atoms with E-state index in [4.69, 9.17) is 4.42 Å². The average molecular weight is 299 g/mol. The molecule has 0 fully saturated rings. The number of aromatic amines is 1. The Hall–Kier alpha value is -1.94. The van der Waals surface area contributed by atoms with E-state index in [0.717, 1.165) is 27.9 Å². The van der Waals surface area contributed by atoms with E-state index >= 15 is 0 Å². The first-order valence-electron chi connectivity index (χ1n) is 6.92. The Morgan fingerprint density at radius 3 is 2.86 bits per heavy atom. The maximum absolute atomic E-state index is 12.7. The van der Waals surface area contributed by atoms with Crippen LogP contribution in [0.4, 0.5) is 0 Å². The molecule has 21 heavy (non-hydrogen) atoms. The summed E-state index contributed by atoms with van der Waals surface area (Å²) >= 11 is 1.60. The largest absolute Gasteiger partial charge is 0.468 e.